The lowest BCUT2D eigenvalue weighted by atomic mass is 10.1. The summed E-state index contributed by atoms with van der Waals surface area (Å²) in [6.07, 6.45) is 7.94. The molecule has 0 bridgehead atoms. The second kappa shape index (κ2) is 4.03. The fraction of sp³-hybridized carbons (Fsp3) is 0.500. The van der Waals surface area contributed by atoms with Crippen molar-refractivity contribution >= 4 is 0 Å². The van der Waals surface area contributed by atoms with E-state index in [2.05, 4.69) is 10.9 Å². The molecule has 0 spiro atoms. The number of nitrogens with two attached hydrogens (primary N) is 2. The van der Waals surface area contributed by atoms with E-state index in [0.29, 0.717) is 0 Å². The van der Waals surface area contributed by atoms with E-state index in [9.17, 15) is 0 Å². The van der Waals surface area contributed by atoms with Crippen LogP contribution >= 0.6 is 0 Å². The SMILES string of the molecule is NO/C1=C(/N)C/C=C\CCC1. The number of hydrogen-bond donors (Lipinski definition) is 2. The van der Waals surface area contributed by atoms with Gasteiger partial charge in [-0.1, -0.05) is 12.2 Å². The Morgan fingerprint density at radius 1 is 1.36 bits per heavy atom. The first-order chi connectivity index (χ1) is 5.34. The van der Waals surface area contributed by atoms with Gasteiger partial charge in [0.25, 0.3) is 0 Å². The topological polar surface area (TPSA) is 61.3 Å². The summed E-state index contributed by atoms with van der Waals surface area (Å²) >= 11 is 0. The summed E-state index contributed by atoms with van der Waals surface area (Å²) in [4.78, 5) is 4.66. The van der Waals surface area contributed by atoms with Crippen LogP contribution in [-0.4, -0.2) is 0 Å². The van der Waals surface area contributed by atoms with Crippen LogP contribution < -0.4 is 11.6 Å². The van der Waals surface area contributed by atoms with Crippen LogP contribution in [0, 0.1) is 0 Å². The van der Waals surface area contributed by atoms with E-state index in [1.807, 2.05) is 6.08 Å². The van der Waals surface area contributed by atoms with E-state index >= 15 is 0 Å². The first kappa shape index (κ1) is 8.14. The van der Waals surface area contributed by atoms with Crippen molar-refractivity contribution in [3.63, 3.8) is 0 Å². The zero-order valence-corrected chi connectivity index (χ0v) is 6.55. The van der Waals surface area contributed by atoms with Crippen LogP contribution in [0.25, 0.3) is 0 Å². The number of allylic oxidation sites excluding steroid dienone is 3. The van der Waals surface area contributed by atoms with E-state index in [1.165, 1.54) is 0 Å². The van der Waals surface area contributed by atoms with Gasteiger partial charge in [-0.2, -0.15) is 5.90 Å². The summed E-state index contributed by atoms with van der Waals surface area (Å²) in [5.74, 6) is 5.80. The normalized spacial score (nSPS) is 28.8. The van der Waals surface area contributed by atoms with Crippen molar-refractivity contribution in [3.05, 3.63) is 23.6 Å². The van der Waals surface area contributed by atoms with Gasteiger partial charge in [-0.3, -0.25) is 0 Å². The highest BCUT2D eigenvalue weighted by Crippen LogP contribution is 2.15. The molecule has 3 nitrogen and oxygen atoms in total. The Hall–Kier alpha value is -0.960. The molecule has 62 valence electrons. The highest BCUT2D eigenvalue weighted by molar-refractivity contribution is 5.10. The summed E-state index contributed by atoms with van der Waals surface area (Å²) < 4.78 is 0. The van der Waals surface area contributed by atoms with Crippen molar-refractivity contribution < 1.29 is 4.84 Å². The molecule has 0 fully saturated rings. The van der Waals surface area contributed by atoms with Crippen LogP contribution in [0.15, 0.2) is 23.6 Å². The predicted octanol–water partition coefficient (Wildman–Crippen LogP) is 1.18. The molecule has 1 aliphatic carbocycles. The van der Waals surface area contributed by atoms with Gasteiger partial charge in [-0.25, -0.2) is 0 Å². The molecule has 4 N–H and O–H groups in total. The van der Waals surface area contributed by atoms with Crippen LogP contribution in [-0.2, 0) is 4.84 Å². The maximum absolute atomic E-state index is 5.68. The van der Waals surface area contributed by atoms with Crippen molar-refractivity contribution in [3.8, 4) is 0 Å². The highest BCUT2D eigenvalue weighted by Gasteiger charge is 2.04. The van der Waals surface area contributed by atoms with Crippen LogP contribution in [0.1, 0.15) is 25.7 Å². The summed E-state index contributed by atoms with van der Waals surface area (Å²) in [7, 11) is 0. The van der Waals surface area contributed by atoms with Gasteiger partial charge in [0.05, 0.1) is 5.70 Å². The quantitative estimate of drug-likeness (QED) is 0.440. The second-order valence-corrected chi connectivity index (χ2v) is 2.63. The molecular weight excluding hydrogens is 140 g/mol. The summed E-state index contributed by atoms with van der Waals surface area (Å²) in [5.41, 5.74) is 6.44. The summed E-state index contributed by atoms with van der Waals surface area (Å²) in [5, 5.41) is 0. The molecule has 0 heterocycles. The predicted molar refractivity (Wildman–Crippen MR) is 44.1 cm³/mol. The van der Waals surface area contributed by atoms with Crippen molar-refractivity contribution in [2.45, 2.75) is 25.7 Å². The third kappa shape index (κ3) is 2.27. The Balaban J connectivity index is 2.65. The van der Waals surface area contributed by atoms with Gasteiger partial charge in [-0.05, 0) is 12.8 Å². The smallest absolute Gasteiger partial charge is 0.142 e. The zero-order chi connectivity index (χ0) is 8.10. The summed E-state index contributed by atoms with van der Waals surface area (Å²) in [6.45, 7) is 0. The Labute approximate surface area is 66.7 Å². The van der Waals surface area contributed by atoms with Gasteiger partial charge < -0.3 is 10.6 Å². The largest absolute Gasteiger partial charge is 0.414 e. The molecule has 3 heteroatoms. The Kier molecular flexibility index (Phi) is 2.98. The molecule has 0 aromatic rings. The van der Waals surface area contributed by atoms with Gasteiger partial charge >= 0.3 is 0 Å². The molecule has 0 saturated heterocycles. The lowest BCUT2D eigenvalue weighted by molar-refractivity contribution is 0.203. The average molecular weight is 154 g/mol. The number of hydrogen-bond acceptors (Lipinski definition) is 3. The third-order valence-electron chi connectivity index (χ3n) is 1.78. The van der Waals surface area contributed by atoms with Crippen LogP contribution in [0.2, 0.25) is 0 Å². The molecule has 0 atom stereocenters. The molecule has 0 aromatic carbocycles. The van der Waals surface area contributed by atoms with Crippen LogP contribution in [0.3, 0.4) is 0 Å². The Morgan fingerprint density at radius 2 is 2.18 bits per heavy atom. The molecule has 0 radical (unpaired) electrons. The van der Waals surface area contributed by atoms with E-state index in [0.717, 1.165) is 37.1 Å². The van der Waals surface area contributed by atoms with E-state index < -0.39 is 0 Å². The lowest BCUT2D eigenvalue weighted by Crippen LogP contribution is -2.09. The van der Waals surface area contributed by atoms with Crippen LogP contribution in [0.5, 0.6) is 0 Å². The molecular formula is C8H14N2O. The van der Waals surface area contributed by atoms with Gasteiger partial charge in [0.15, 0.2) is 0 Å². The first-order valence-corrected chi connectivity index (χ1v) is 3.84. The van der Waals surface area contributed by atoms with Gasteiger partial charge in [0.1, 0.15) is 5.76 Å². The average Bonchev–Trinajstić information content (AvgIpc) is 1.98. The molecule has 0 aliphatic heterocycles. The van der Waals surface area contributed by atoms with Crippen molar-refractivity contribution in [1.82, 2.24) is 0 Å². The Bertz CT molecular complexity index is 185. The van der Waals surface area contributed by atoms with Gasteiger partial charge in [-0.15, -0.1) is 0 Å². The molecule has 1 aliphatic rings. The van der Waals surface area contributed by atoms with Crippen LogP contribution in [0.4, 0.5) is 0 Å². The molecule has 0 saturated carbocycles. The monoisotopic (exact) mass is 154 g/mol. The second-order valence-electron chi connectivity index (χ2n) is 2.63. The van der Waals surface area contributed by atoms with E-state index in [4.69, 9.17) is 11.6 Å². The highest BCUT2D eigenvalue weighted by atomic mass is 16.6. The number of rotatable bonds is 1. The molecule has 0 unspecified atom stereocenters. The van der Waals surface area contributed by atoms with Crippen molar-refractivity contribution in [2.24, 2.45) is 11.6 Å². The summed E-state index contributed by atoms with van der Waals surface area (Å²) in [6, 6.07) is 0. The zero-order valence-electron chi connectivity index (χ0n) is 6.55. The minimum Gasteiger partial charge on any atom is -0.414 e. The fourth-order valence-electron chi connectivity index (χ4n) is 1.12. The molecule has 11 heavy (non-hydrogen) atoms. The Morgan fingerprint density at radius 3 is 2.91 bits per heavy atom. The first-order valence-electron chi connectivity index (χ1n) is 3.84. The lowest BCUT2D eigenvalue weighted by Gasteiger charge is -2.09. The third-order valence-corrected chi connectivity index (χ3v) is 1.78. The maximum Gasteiger partial charge on any atom is 0.142 e. The van der Waals surface area contributed by atoms with Crippen molar-refractivity contribution in [2.75, 3.05) is 0 Å². The van der Waals surface area contributed by atoms with Crippen molar-refractivity contribution in [1.29, 1.82) is 0 Å². The minimum atomic E-state index is 0.745. The van der Waals surface area contributed by atoms with E-state index in [-0.39, 0.29) is 0 Å². The van der Waals surface area contributed by atoms with Gasteiger partial charge in [0.2, 0.25) is 0 Å². The molecule has 0 amide bonds. The molecule has 1 rings (SSSR count). The maximum atomic E-state index is 5.68. The minimum absolute atomic E-state index is 0.745. The standard InChI is InChI=1S/C8H14N2O/c9-7-5-3-1-2-4-6-8(7)11-10/h1,3H,2,4-6,9-10H2/b3-1-,8-7+. The fourth-order valence-corrected chi connectivity index (χ4v) is 1.12. The van der Waals surface area contributed by atoms with E-state index in [1.54, 1.807) is 0 Å². The molecule has 0 aromatic heterocycles. The van der Waals surface area contributed by atoms with Gasteiger partial charge in [0, 0.05) is 12.8 Å².